The van der Waals surface area contributed by atoms with E-state index >= 15 is 0 Å². The number of hydrogen-bond donors (Lipinski definition) is 0. The molecule has 0 heterocycles. The van der Waals surface area contributed by atoms with E-state index in [0.29, 0.717) is 13.2 Å². The zero-order valence-electron chi connectivity index (χ0n) is 11.3. The molecule has 1 saturated carbocycles. The van der Waals surface area contributed by atoms with Gasteiger partial charge in [0.05, 0.1) is 13.2 Å². The molecular weight excluding hydrogens is 242 g/mol. The maximum Gasteiger partial charge on any atom is 0.216 e. The van der Waals surface area contributed by atoms with Crippen molar-refractivity contribution in [1.82, 2.24) is 0 Å². The number of ether oxygens (including phenoxy) is 1. The number of hydrogen-bond acceptors (Lipinski definition) is 3. The van der Waals surface area contributed by atoms with Crippen molar-refractivity contribution in [2.45, 2.75) is 38.8 Å². The Balaban J connectivity index is 1.78. The Morgan fingerprint density at radius 3 is 2.79 bits per heavy atom. The molecule has 1 fully saturated rings. The van der Waals surface area contributed by atoms with E-state index in [2.05, 4.69) is 6.92 Å². The van der Waals surface area contributed by atoms with Crippen LogP contribution >= 0.6 is 0 Å². The van der Waals surface area contributed by atoms with Crippen LogP contribution in [0.5, 0.6) is 0 Å². The molecule has 0 N–H and O–H groups in total. The lowest BCUT2D eigenvalue weighted by Crippen LogP contribution is -2.30. The van der Waals surface area contributed by atoms with Crippen molar-refractivity contribution in [3.8, 4) is 0 Å². The Hall–Kier alpha value is -1.42. The summed E-state index contributed by atoms with van der Waals surface area (Å²) in [5.74, 6) is 0.424. The predicted molar refractivity (Wildman–Crippen MR) is 73.4 cm³/mol. The van der Waals surface area contributed by atoms with Gasteiger partial charge in [0.1, 0.15) is 0 Å². The number of nitro groups is 1. The molecule has 1 aliphatic rings. The van der Waals surface area contributed by atoms with E-state index in [0.717, 1.165) is 24.8 Å². The zero-order chi connectivity index (χ0) is 13.7. The Bertz CT molecular complexity index is 407. The summed E-state index contributed by atoms with van der Waals surface area (Å²) >= 11 is 0. The van der Waals surface area contributed by atoms with Crippen molar-refractivity contribution >= 4 is 0 Å². The Kier molecular flexibility index (Phi) is 4.91. The molecule has 0 bridgehead atoms. The number of rotatable bonds is 6. The molecule has 2 rings (SSSR count). The van der Waals surface area contributed by atoms with Crippen LogP contribution in [0.2, 0.25) is 0 Å². The minimum absolute atomic E-state index is 0.106. The van der Waals surface area contributed by atoms with Crippen LogP contribution in [0.4, 0.5) is 0 Å². The third kappa shape index (κ3) is 3.77. The molecule has 0 spiro atoms. The summed E-state index contributed by atoms with van der Waals surface area (Å²) in [5.41, 5.74) is 1.15. The van der Waals surface area contributed by atoms with Crippen molar-refractivity contribution in [2.75, 3.05) is 6.61 Å². The second-order valence-corrected chi connectivity index (χ2v) is 5.43. The van der Waals surface area contributed by atoms with Gasteiger partial charge in [-0.25, -0.2) is 0 Å². The molecule has 19 heavy (non-hydrogen) atoms. The molecule has 1 aromatic carbocycles. The first-order valence-corrected chi connectivity index (χ1v) is 6.93. The fourth-order valence-electron chi connectivity index (χ4n) is 2.96. The molecule has 0 radical (unpaired) electrons. The molecule has 3 atom stereocenters. The van der Waals surface area contributed by atoms with Crippen LogP contribution in [0.1, 0.15) is 31.7 Å². The summed E-state index contributed by atoms with van der Waals surface area (Å²) in [4.78, 5) is 10.9. The summed E-state index contributed by atoms with van der Waals surface area (Å²) in [6, 6.07) is 9.64. The van der Waals surface area contributed by atoms with E-state index in [4.69, 9.17) is 4.74 Å². The molecule has 104 valence electrons. The first-order valence-electron chi connectivity index (χ1n) is 6.93. The van der Waals surface area contributed by atoms with Gasteiger partial charge in [0.2, 0.25) is 6.04 Å². The Morgan fingerprint density at radius 2 is 2.11 bits per heavy atom. The van der Waals surface area contributed by atoms with Crippen molar-refractivity contribution in [3.05, 3.63) is 46.0 Å². The molecular formula is C15H21NO3. The van der Waals surface area contributed by atoms with Gasteiger partial charge in [-0.15, -0.1) is 0 Å². The first-order chi connectivity index (χ1) is 9.18. The SMILES string of the molecule is C[C@@H](COCc1ccccc1)[C@H]1CCCC1[N+](=O)[O-]. The molecule has 0 aromatic heterocycles. The smallest absolute Gasteiger partial charge is 0.216 e. The highest BCUT2D eigenvalue weighted by molar-refractivity contribution is 5.13. The highest BCUT2D eigenvalue weighted by Crippen LogP contribution is 2.33. The van der Waals surface area contributed by atoms with Crippen LogP contribution in [0.3, 0.4) is 0 Å². The van der Waals surface area contributed by atoms with Gasteiger partial charge in [0, 0.05) is 17.3 Å². The molecule has 1 aromatic rings. The zero-order valence-corrected chi connectivity index (χ0v) is 11.3. The Morgan fingerprint density at radius 1 is 1.37 bits per heavy atom. The molecule has 0 saturated heterocycles. The lowest BCUT2D eigenvalue weighted by Gasteiger charge is -2.20. The molecule has 4 heteroatoms. The van der Waals surface area contributed by atoms with Crippen LogP contribution in [-0.2, 0) is 11.3 Å². The van der Waals surface area contributed by atoms with E-state index in [1.165, 1.54) is 0 Å². The van der Waals surface area contributed by atoms with Gasteiger partial charge in [-0.2, -0.15) is 0 Å². The predicted octanol–water partition coefficient (Wildman–Crippen LogP) is 3.28. The molecule has 1 unspecified atom stereocenters. The normalized spacial score (nSPS) is 24.3. The van der Waals surface area contributed by atoms with Crippen molar-refractivity contribution in [3.63, 3.8) is 0 Å². The van der Waals surface area contributed by atoms with Gasteiger partial charge in [-0.05, 0) is 24.3 Å². The Labute approximate surface area is 113 Å². The minimum atomic E-state index is -0.365. The molecule has 0 aliphatic heterocycles. The van der Waals surface area contributed by atoms with E-state index in [9.17, 15) is 10.1 Å². The van der Waals surface area contributed by atoms with Crippen LogP contribution in [0.25, 0.3) is 0 Å². The lowest BCUT2D eigenvalue weighted by molar-refractivity contribution is -0.530. The topological polar surface area (TPSA) is 52.4 Å². The van der Waals surface area contributed by atoms with Gasteiger partial charge >= 0.3 is 0 Å². The quantitative estimate of drug-likeness (QED) is 0.584. The number of nitrogens with zero attached hydrogens (tertiary/aromatic N) is 1. The lowest BCUT2D eigenvalue weighted by atomic mass is 9.90. The van der Waals surface area contributed by atoms with E-state index < -0.39 is 0 Å². The third-order valence-corrected chi connectivity index (χ3v) is 4.03. The molecule has 0 amide bonds. The van der Waals surface area contributed by atoms with Crippen molar-refractivity contribution in [1.29, 1.82) is 0 Å². The average Bonchev–Trinajstić information content (AvgIpc) is 2.89. The third-order valence-electron chi connectivity index (χ3n) is 4.03. The van der Waals surface area contributed by atoms with Gasteiger partial charge in [-0.3, -0.25) is 10.1 Å². The van der Waals surface area contributed by atoms with Gasteiger partial charge < -0.3 is 4.74 Å². The van der Waals surface area contributed by atoms with Gasteiger partial charge in [-0.1, -0.05) is 37.3 Å². The van der Waals surface area contributed by atoms with Crippen LogP contribution in [0, 0.1) is 22.0 Å². The fourth-order valence-corrected chi connectivity index (χ4v) is 2.96. The van der Waals surface area contributed by atoms with Crippen LogP contribution < -0.4 is 0 Å². The minimum Gasteiger partial charge on any atom is -0.376 e. The van der Waals surface area contributed by atoms with Gasteiger partial charge in [0.15, 0.2) is 0 Å². The summed E-state index contributed by atoms with van der Waals surface area (Å²) in [6.07, 6.45) is 2.65. The van der Waals surface area contributed by atoms with E-state index in [1.54, 1.807) is 0 Å². The maximum atomic E-state index is 11.0. The summed E-state index contributed by atoms with van der Waals surface area (Å²) in [7, 11) is 0. The largest absolute Gasteiger partial charge is 0.376 e. The van der Waals surface area contributed by atoms with Crippen molar-refractivity contribution in [2.24, 2.45) is 11.8 Å². The average molecular weight is 263 g/mol. The molecule has 4 nitrogen and oxygen atoms in total. The maximum absolute atomic E-state index is 11.0. The highest BCUT2D eigenvalue weighted by atomic mass is 16.6. The van der Waals surface area contributed by atoms with E-state index in [1.807, 2.05) is 30.3 Å². The van der Waals surface area contributed by atoms with Crippen LogP contribution in [-0.4, -0.2) is 17.6 Å². The summed E-state index contributed by atoms with van der Waals surface area (Å²) < 4.78 is 5.70. The fraction of sp³-hybridized carbons (Fsp3) is 0.600. The second kappa shape index (κ2) is 6.66. The number of benzene rings is 1. The highest BCUT2D eigenvalue weighted by Gasteiger charge is 2.39. The van der Waals surface area contributed by atoms with Crippen molar-refractivity contribution < 1.29 is 9.66 Å². The molecule has 1 aliphatic carbocycles. The van der Waals surface area contributed by atoms with E-state index in [-0.39, 0.29) is 22.8 Å². The first kappa shape index (κ1) is 14.0. The van der Waals surface area contributed by atoms with Crippen LogP contribution in [0.15, 0.2) is 30.3 Å². The second-order valence-electron chi connectivity index (χ2n) is 5.43. The van der Waals surface area contributed by atoms with Gasteiger partial charge in [0.25, 0.3) is 0 Å². The standard InChI is InChI=1S/C15H21NO3/c1-12(14-8-5-9-15(14)16(17)18)10-19-11-13-6-3-2-4-7-13/h2-4,6-7,12,14-15H,5,8-11H2,1H3/t12-,14+,15?/m0/s1. The summed E-state index contributed by atoms with van der Waals surface area (Å²) in [6.45, 7) is 3.25. The monoisotopic (exact) mass is 263 g/mol. The summed E-state index contributed by atoms with van der Waals surface area (Å²) in [5, 5.41) is 11.0.